The number of rotatable bonds is 6. The maximum Gasteiger partial charge on any atom is 0.306 e. The fourth-order valence-corrected chi connectivity index (χ4v) is 8.53. The normalized spacial score (nSPS) is 43.1. The van der Waals surface area contributed by atoms with Crippen molar-refractivity contribution in [2.24, 2.45) is 28.6 Å². The molecule has 4 rings (SSSR count). The second-order valence-corrected chi connectivity index (χ2v) is 12.0. The van der Waals surface area contributed by atoms with E-state index in [1.807, 2.05) is 26.8 Å². The molecule has 0 saturated heterocycles. The number of carbonyl (C=O) groups excluding carboxylic acids is 4. The molecule has 198 valence electrons. The number of aliphatic hydroxyl groups is 1. The number of fused-ring (bicyclic) bond motifs is 5. The first-order valence-corrected chi connectivity index (χ1v) is 13.4. The molecule has 0 heterocycles. The highest BCUT2D eigenvalue weighted by Crippen LogP contribution is 2.72. The molecule has 8 heteroatoms. The molecule has 0 aromatic carbocycles. The molecular weight excluding hydrogens is 484 g/mol. The summed E-state index contributed by atoms with van der Waals surface area (Å²) < 4.78 is 11.3. The van der Waals surface area contributed by atoms with Crippen molar-refractivity contribution in [3.8, 4) is 0 Å². The number of halogens is 1. The van der Waals surface area contributed by atoms with Gasteiger partial charge in [0.1, 0.15) is 0 Å². The van der Waals surface area contributed by atoms with Gasteiger partial charge in [-0.05, 0) is 49.7 Å². The van der Waals surface area contributed by atoms with Crippen molar-refractivity contribution < 1.29 is 33.8 Å². The lowest BCUT2D eigenvalue weighted by molar-refractivity contribution is -0.203. The maximum absolute atomic E-state index is 13.9. The van der Waals surface area contributed by atoms with Crippen LogP contribution in [0.1, 0.15) is 73.1 Å². The summed E-state index contributed by atoms with van der Waals surface area (Å²) in [4.78, 5) is 49.5. The van der Waals surface area contributed by atoms with Gasteiger partial charge in [-0.1, -0.05) is 46.3 Å². The second-order valence-electron chi connectivity index (χ2n) is 11.4. The largest absolute Gasteiger partial charge is 0.457 e. The fourth-order valence-electron chi connectivity index (χ4n) is 8.01. The van der Waals surface area contributed by atoms with E-state index in [4.69, 9.17) is 21.1 Å². The van der Waals surface area contributed by atoms with Gasteiger partial charge in [0.2, 0.25) is 5.78 Å². The SMILES string of the molecule is CCC(=O)OCC(=O)[C@@]1(OC(=O)CC)[C@H](C)C[C@H]2[C@@H]3CCC4=CC(=O)C=C[C@]4(C)C3(Cl)[C@@H](O)C[C@@]21C. The molecule has 0 aromatic heterocycles. The number of hydrogen-bond acceptors (Lipinski definition) is 7. The van der Waals surface area contributed by atoms with Gasteiger partial charge in [-0.3, -0.25) is 19.2 Å². The lowest BCUT2D eigenvalue weighted by Gasteiger charge is -2.64. The first kappa shape index (κ1) is 27.1. The predicted molar refractivity (Wildman–Crippen MR) is 133 cm³/mol. The molecule has 1 unspecified atom stereocenters. The summed E-state index contributed by atoms with van der Waals surface area (Å²) in [7, 11) is 0. The molecule has 0 bridgehead atoms. The third-order valence-electron chi connectivity index (χ3n) is 9.81. The van der Waals surface area contributed by atoms with Crippen LogP contribution in [0, 0.1) is 28.6 Å². The van der Waals surface area contributed by atoms with Gasteiger partial charge in [0.05, 0.1) is 11.0 Å². The van der Waals surface area contributed by atoms with E-state index in [0.717, 1.165) is 5.57 Å². The maximum atomic E-state index is 13.9. The van der Waals surface area contributed by atoms with Crippen LogP contribution in [0.2, 0.25) is 0 Å². The van der Waals surface area contributed by atoms with Gasteiger partial charge in [-0.2, -0.15) is 0 Å². The average Bonchev–Trinajstić information content (AvgIpc) is 3.05. The van der Waals surface area contributed by atoms with E-state index in [1.54, 1.807) is 19.9 Å². The lowest BCUT2D eigenvalue weighted by atomic mass is 9.45. The van der Waals surface area contributed by atoms with Crippen LogP contribution in [-0.4, -0.2) is 51.8 Å². The van der Waals surface area contributed by atoms with Crippen LogP contribution in [0.25, 0.3) is 0 Å². The molecule has 0 amide bonds. The Morgan fingerprint density at radius 3 is 2.44 bits per heavy atom. The Kier molecular flexibility index (Phi) is 6.83. The minimum Gasteiger partial charge on any atom is -0.457 e. The first-order chi connectivity index (χ1) is 16.8. The number of Topliss-reactive ketones (excluding diaryl/α,β-unsaturated/α-hetero) is 1. The van der Waals surface area contributed by atoms with Gasteiger partial charge in [0.25, 0.3) is 0 Å². The molecule has 36 heavy (non-hydrogen) atoms. The fraction of sp³-hybridized carbons (Fsp3) is 0.714. The van der Waals surface area contributed by atoms with Crippen molar-refractivity contribution in [1.82, 2.24) is 0 Å². The Labute approximate surface area is 217 Å². The number of alkyl halides is 1. The van der Waals surface area contributed by atoms with Crippen molar-refractivity contribution in [2.45, 2.75) is 89.7 Å². The smallest absolute Gasteiger partial charge is 0.306 e. The number of ether oxygens (including phenoxy) is 2. The minimum atomic E-state index is -1.55. The minimum absolute atomic E-state index is 0.0801. The highest BCUT2D eigenvalue weighted by molar-refractivity contribution is 6.26. The Hall–Kier alpha value is -1.99. The van der Waals surface area contributed by atoms with E-state index in [0.29, 0.717) is 19.3 Å². The summed E-state index contributed by atoms with van der Waals surface area (Å²) in [5.74, 6) is -2.24. The van der Waals surface area contributed by atoms with E-state index in [1.165, 1.54) is 6.08 Å². The zero-order chi connectivity index (χ0) is 26.7. The molecule has 3 saturated carbocycles. The number of aliphatic hydroxyl groups excluding tert-OH is 1. The number of allylic oxidation sites excluding steroid dienone is 4. The van der Waals surface area contributed by atoms with Crippen LogP contribution in [0.15, 0.2) is 23.8 Å². The van der Waals surface area contributed by atoms with Crippen LogP contribution in [0.3, 0.4) is 0 Å². The van der Waals surface area contributed by atoms with Gasteiger partial charge in [-0.15, -0.1) is 11.6 Å². The molecule has 8 atom stereocenters. The van der Waals surface area contributed by atoms with Gasteiger partial charge < -0.3 is 14.6 Å². The molecule has 4 aliphatic carbocycles. The third-order valence-corrected chi connectivity index (χ3v) is 10.7. The zero-order valence-electron chi connectivity index (χ0n) is 21.8. The first-order valence-electron chi connectivity index (χ1n) is 13.0. The summed E-state index contributed by atoms with van der Waals surface area (Å²) in [6.07, 6.45) is 6.18. The standard InChI is InChI=1S/C28H37ClO7/c1-6-23(33)35-15-22(32)28(36-24(34)7-2)16(3)12-20-19-9-8-17-13-18(30)10-11-25(17,4)27(19,29)21(31)14-26(20,28)5/h10-11,13,16,19-21,31H,6-9,12,14-15H2,1-5H3/t16-,19+,20+,21+,25+,26+,27?,28+/m1/s1. The molecule has 7 nitrogen and oxygen atoms in total. The Morgan fingerprint density at radius 1 is 1.14 bits per heavy atom. The Balaban J connectivity index is 1.80. The summed E-state index contributed by atoms with van der Waals surface area (Å²) in [5, 5.41) is 11.8. The van der Waals surface area contributed by atoms with Crippen LogP contribution in [0.4, 0.5) is 0 Å². The van der Waals surface area contributed by atoms with E-state index >= 15 is 0 Å². The zero-order valence-corrected chi connectivity index (χ0v) is 22.5. The van der Waals surface area contributed by atoms with Crippen LogP contribution in [0.5, 0.6) is 0 Å². The van der Waals surface area contributed by atoms with E-state index in [9.17, 15) is 24.3 Å². The van der Waals surface area contributed by atoms with Crippen LogP contribution >= 0.6 is 11.6 Å². The average molecular weight is 521 g/mol. The van der Waals surface area contributed by atoms with Gasteiger partial charge >= 0.3 is 11.9 Å². The highest BCUT2D eigenvalue weighted by atomic mass is 35.5. The van der Waals surface area contributed by atoms with Crippen LogP contribution < -0.4 is 0 Å². The quantitative estimate of drug-likeness (QED) is 0.415. The molecule has 0 radical (unpaired) electrons. The highest BCUT2D eigenvalue weighted by Gasteiger charge is 2.76. The molecule has 0 spiro atoms. The van der Waals surface area contributed by atoms with Crippen molar-refractivity contribution in [3.05, 3.63) is 23.8 Å². The van der Waals surface area contributed by atoms with Crippen LogP contribution in [-0.2, 0) is 28.7 Å². The summed E-state index contributed by atoms with van der Waals surface area (Å²) >= 11 is 7.48. The molecule has 0 aliphatic heterocycles. The van der Waals surface area contributed by atoms with Crippen molar-refractivity contribution >= 4 is 35.1 Å². The molecule has 3 fully saturated rings. The predicted octanol–water partition coefficient (Wildman–Crippen LogP) is 4.09. The van der Waals surface area contributed by atoms with Gasteiger partial charge in [0.15, 0.2) is 18.0 Å². The topological polar surface area (TPSA) is 107 Å². The van der Waals surface area contributed by atoms with E-state index in [-0.39, 0.29) is 42.8 Å². The lowest BCUT2D eigenvalue weighted by Crippen LogP contribution is -2.69. The number of esters is 2. The van der Waals surface area contributed by atoms with Crippen molar-refractivity contribution in [3.63, 3.8) is 0 Å². The number of ketones is 2. The number of carbonyl (C=O) groups is 4. The van der Waals surface area contributed by atoms with Gasteiger partial charge in [-0.25, -0.2) is 0 Å². The molecule has 4 aliphatic rings. The Morgan fingerprint density at radius 2 is 1.81 bits per heavy atom. The van der Waals surface area contributed by atoms with Crippen molar-refractivity contribution in [1.29, 1.82) is 0 Å². The summed E-state index contributed by atoms with van der Waals surface area (Å²) in [6, 6.07) is 0. The molecule has 1 N–H and O–H groups in total. The number of hydrogen-bond donors (Lipinski definition) is 1. The molecule has 0 aromatic rings. The van der Waals surface area contributed by atoms with Gasteiger partial charge in [0, 0.05) is 29.6 Å². The summed E-state index contributed by atoms with van der Waals surface area (Å²) in [6.45, 7) is 8.61. The van der Waals surface area contributed by atoms with E-state index < -0.39 is 51.7 Å². The third kappa shape index (κ3) is 3.48. The molecular formula is C28H37ClO7. The Bertz CT molecular complexity index is 1050. The van der Waals surface area contributed by atoms with Crippen molar-refractivity contribution in [2.75, 3.05) is 6.61 Å². The summed E-state index contributed by atoms with van der Waals surface area (Å²) in [5.41, 5.74) is -2.27. The monoisotopic (exact) mass is 520 g/mol. The van der Waals surface area contributed by atoms with E-state index in [2.05, 4.69) is 0 Å². The second kappa shape index (κ2) is 9.09.